The number of amides is 3. The summed E-state index contributed by atoms with van der Waals surface area (Å²) in [5.74, 6) is -0.626. The quantitative estimate of drug-likeness (QED) is 0.728. The van der Waals surface area contributed by atoms with E-state index in [1.54, 1.807) is 20.8 Å². The maximum Gasteiger partial charge on any atom is 0.408 e. The number of aryl methyl sites for hydroxylation is 1. The van der Waals surface area contributed by atoms with Crippen LogP contribution < -0.4 is 10.6 Å². The molecule has 0 radical (unpaired) electrons. The number of hydrogen-bond acceptors (Lipinski definition) is 4. The first-order valence-corrected chi connectivity index (χ1v) is 9.96. The zero-order valence-electron chi connectivity index (χ0n) is 18.8. The van der Waals surface area contributed by atoms with E-state index in [-0.39, 0.29) is 30.4 Å². The predicted molar refractivity (Wildman–Crippen MR) is 113 cm³/mol. The number of carbonyl (C=O) groups is 3. The third kappa shape index (κ3) is 8.13. The first-order valence-electron chi connectivity index (χ1n) is 9.96. The van der Waals surface area contributed by atoms with Gasteiger partial charge in [0.2, 0.25) is 11.8 Å². The molecule has 2 N–H and O–H groups in total. The molecule has 1 unspecified atom stereocenters. The van der Waals surface area contributed by atoms with Gasteiger partial charge in [-0.2, -0.15) is 0 Å². The van der Waals surface area contributed by atoms with Gasteiger partial charge in [-0.05, 0) is 61.0 Å². The molecular weight excluding hydrogens is 370 g/mol. The fourth-order valence-corrected chi connectivity index (χ4v) is 2.83. The lowest BCUT2D eigenvalue weighted by molar-refractivity contribution is -0.142. The van der Waals surface area contributed by atoms with Crippen LogP contribution in [0.3, 0.4) is 0 Å². The Kier molecular flexibility index (Phi) is 8.67. The van der Waals surface area contributed by atoms with Crippen molar-refractivity contribution >= 4 is 17.9 Å². The number of nitrogens with zero attached hydrogens (tertiary/aromatic N) is 1. The Hall–Kier alpha value is -2.57. The molecule has 1 atom stereocenters. The topological polar surface area (TPSA) is 87.7 Å². The number of rotatable bonds is 7. The summed E-state index contributed by atoms with van der Waals surface area (Å²) in [6.07, 6.45) is -0.673. The minimum Gasteiger partial charge on any atom is -0.444 e. The molecule has 7 nitrogen and oxygen atoms in total. The summed E-state index contributed by atoms with van der Waals surface area (Å²) in [5.41, 5.74) is 1.12. The van der Waals surface area contributed by atoms with Gasteiger partial charge in [0.05, 0.1) is 0 Å². The standard InChI is InChI=1S/C22H35N3O4/c1-14(2)24-20(27)19(17-11-9-16(5)10-12-17)25(15(3)4)18(26)13-23-21(28)29-22(6,7)8/h9-12,14-15,19H,13H2,1-8H3,(H,23,28)(H,24,27). The average Bonchev–Trinajstić information content (AvgIpc) is 2.56. The molecule has 0 aromatic heterocycles. The SMILES string of the molecule is Cc1ccc(C(C(=O)NC(C)C)N(C(=O)CNC(=O)OC(C)(C)C)C(C)C)cc1. The molecule has 0 aliphatic carbocycles. The zero-order chi connectivity index (χ0) is 22.4. The van der Waals surface area contributed by atoms with Crippen LogP contribution in [0.5, 0.6) is 0 Å². The molecule has 0 aliphatic rings. The summed E-state index contributed by atoms with van der Waals surface area (Å²) >= 11 is 0. The molecule has 1 rings (SSSR count). The van der Waals surface area contributed by atoms with Gasteiger partial charge in [-0.1, -0.05) is 29.8 Å². The molecule has 0 bridgehead atoms. The molecule has 3 amide bonds. The van der Waals surface area contributed by atoms with E-state index in [9.17, 15) is 14.4 Å². The number of nitrogens with one attached hydrogen (secondary N) is 2. The number of alkyl carbamates (subject to hydrolysis) is 1. The fraction of sp³-hybridized carbons (Fsp3) is 0.591. The van der Waals surface area contributed by atoms with Gasteiger partial charge in [-0.25, -0.2) is 4.79 Å². The van der Waals surface area contributed by atoms with Crippen LogP contribution in [0.1, 0.15) is 65.6 Å². The van der Waals surface area contributed by atoms with Crippen LogP contribution in [-0.4, -0.2) is 47.0 Å². The molecular formula is C22H35N3O4. The number of ether oxygens (including phenoxy) is 1. The van der Waals surface area contributed by atoms with Crippen LogP contribution in [0.15, 0.2) is 24.3 Å². The lowest BCUT2D eigenvalue weighted by Crippen LogP contribution is -2.51. The Balaban J connectivity index is 3.12. The number of hydrogen-bond donors (Lipinski definition) is 2. The highest BCUT2D eigenvalue weighted by atomic mass is 16.6. The lowest BCUT2D eigenvalue weighted by atomic mass is 10.0. The van der Waals surface area contributed by atoms with Crippen molar-refractivity contribution in [3.63, 3.8) is 0 Å². The highest BCUT2D eigenvalue weighted by molar-refractivity contribution is 5.90. The van der Waals surface area contributed by atoms with Crippen molar-refractivity contribution in [2.75, 3.05) is 6.54 Å². The van der Waals surface area contributed by atoms with Crippen molar-refractivity contribution in [1.82, 2.24) is 15.5 Å². The highest BCUT2D eigenvalue weighted by Gasteiger charge is 2.33. The molecule has 0 saturated heterocycles. The summed E-state index contributed by atoms with van der Waals surface area (Å²) < 4.78 is 5.19. The van der Waals surface area contributed by atoms with E-state index >= 15 is 0 Å². The van der Waals surface area contributed by atoms with Gasteiger partial charge < -0.3 is 20.3 Å². The van der Waals surface area contributed by atoms with E-state index in [1.165, 1.54) is 4.90 Å². The molecule has 7 heteroatoms. The van der Waals surface area contributed by atoms with Crippen molar-refractivity contribution < 1.29 is 19.1 Å². The van der Waals surface area contributed by atoms with Gasteiger partial charge in [0.15, 0.2) is 0 Å². The lowest BCUT2D eigenvalue weighted by Gasteiger charge is -2.35. The van der Waals surface area contributed by atoms with Gasteiger partial charge in [0, 0.05) is 12.1 Å². The first kappa shape index (κ1) is 24.5. The van der Waals surface area contributed by atoms with Crippen molar-refractivity contribution in [2.24, 2.45) is 0 Å². The van der Waals surface area contributed by atoms with E-state index in [1.807, 2.05) is 58.9 Å². The van der Waals surface area contributed by atoms with Gasteiger partial charge in [-0.3, -0.25) is 9.59 Å². The van der Waals surface area contributed by atoms with Crippen LogP contribution in [0.4, 0.5) is 4.79 Å². The van der Waals surface area contributed by atoms with E-state index in [4.69, 9.17) is 4.74 Å². The van der Waals surface area contributed by atoms with Gasteiger partial charge in [0.1, 0.15) is 18.2 Å². The van der Waals surface area contributed by atoms with Crippen LogP contribution in [0.25, 0.3) is 0 Å². The summed E-state index contributed by atoms with van der Waals surface area (Å²) in [6.45, 7) is 14.4. The molecule has 1 aromatic carbocycles. The molecule has 29 heavy (non-hydrogen) atoms. The fourth-order valence-electron chi connectivity index (χ4n) is 2.83. The Morgan fingerprint density at radius 1 is 1.03 bits per heavy atom. The second kappa shape index (κ2) is 10.3. The molecule has 0 heterocycles. The van der Waals surface area contributed by atoms with Crippen molar-refractivity contribution in [3.8, 4) is 0 Å². The summed E-state index contributed by atoms with van der Waals surface area (Å²) in [7, 11) is 0. The maximum atomic E-state index is 13.0. The molecule has 0 aliphatic heterocycles. The van der Waals surface area contributed by atoms with E-state index < -0.39 is 17.7 Å². The Morgan fingerprint density at radius 2 is 1.59 bits per heavy atom. The molecule has 0 spiro atoms. The minimum atomic E-state index is -0.800. The third-order valence-electron chi connectivity index (χ3n) is 3.98. The van der Waals surface area contributed by atoms with E-state index in [0.29, 0.717) is 5.56 Å². The second-order valence-corrected chi connectivity index (χ2v) is 8.73. The van der Waals surface area contributed by atoms with Crippen molar-refractivity contribution in [3.05, 3.63) is 35.4 Å². The van der Waals surface area contributed by atoms with Gasteiger partial charge in [-0.15, -0.1) is 0 Å². The highest BCUT2D eigenvalue weighted by Crippen LogP contribution is 2.24. The average molecular weight is 406 g/mol. The predicted octanol–water partition coefficient (Wildman–Crippen LogP) is 3.32. The zero-order valence-corrected chi connectivity index (χ0v) is 18.8. The number of carbonyl (C=O) groups excluding carboxylic acids is 3. The Labute approximate surface area is 174 Å². The van der Waals surface area contributed by atoms with E-state index in [0.717, 1.165) is 5.56 Å². The van der Waals surface area contributed by atoms with E-state index in [2.05, 4.69) is 10.6 Å². The Bertz CT molecular complexity index is 706. The van der Waals surface area contributed by atoms with Crippen LogP contribution >= 0.6 is 0 Å². The van der Waals surface area contributed by atoms with Crippen LogP contribution in [-0.2, 0) is 14.3 Å². The largest absolute Gasteiger partial charge is 0.444 e. The summed E-state index contributed by atoms with van der Waals surface area (Å²) in [5, 5.41) is 5.38. The molecule has 0 fully saturated rings. The molecule has 1 aromatic rings. The smallest absolute Gasteiger partial charge is 0.408 e. The minimum absolute atomic E-state index is 0.0700. The van der Waals surface area contributed by atoms with Crippen molar-refractivity contribution in [1.29, 1.82) is 0 Å². The second-order valence-electron chi connectivity index (χ2n) is 8.73. The third-order valence-corrected chi connectivity index (χ3v) is 3.98. The normalized spacial score (nSPS) is 12.5. The van der Waals surface area contributed by atoms with Gasteiger partial charge in [0.25, 0.3) is 0 Å². The summed E-state index contributed by atoms with van der Waals surface area (Å²) in [4.78, 5) is 39.4. The van der Waals surface area contributed by atoms with Crippen LogP contribution in [0.2, 0.25) is 0 Å². The van der Waals surface area contributed by atoms with Gasteiger partial charge >= 0.3 is 6.09 Å². The Morgan fingerprint density at radius 3 is 2.03 bits per heavy atom. The summed E-state index contributed by atoms with van der Waals surface area (Å²) in [6, 6.07) is 6.39. The number of benzene rings is 1. The first-order chi connectivity index (χ1) is 13.3. The molecule has 0 saturated carbocycles. The molecule has 162 valence electrons. The maximum absolute atomic E-state index is 13.0. The van der Waals surface area contributed by atoms with Crippen LogP contribution in [0, 0.1) is 6.92 Å². The monoisotopic (exact) mass is 405 g/mol. The van der Waals surface area contributed by atoms with Crippen molar-refractivity contribution in [2.45, 2.75) is 79.1 Å².